The number of benzene rings is 1. The smallest absolute Gasteiger partial charge is 0.146 e. The number of nitrogens with two attached hydrogens (primary N) is 1. The lowest BCUT2D eigenvalue weighted by Gasteiger charge is -2.45. The number of para-hydroxylation sites is 1. The van der Waals surface area contributed by atoms with E-state index in [1.54, 1.807) is 12.1 Å². The molecule has 3 nitrogen and oxygen atoms in total. The summed E-state index contributed by atoms with van der Waals surface area (Å²) in [4.78, 5) is 4.83. The number of nitrogens with zero attached hydrogens (tertiary/aromatic N) is 2. The fourth-order valence-electron chi connectivity index (χ4n) is 3.78. The van der Waals surface area contributed by atoms with Crippen LogP contribution in [0.4, 0.5) is 10.1 Å². The SMILES string of the molecule is CC(N)Cc1cccc(F)c1N1CCN2CCCCC2C1. The Hall–Kier alpha value is -1.13. The van der Waals surface area contributed by atoms with Gasteiger partial charge in [-0.2, -0.15) is 0 Å². The van der Waals surface area contributed by atoms with E-state index in [2.05, 4.69) is 9.80 Å². The molecule has 2 fully saturated rings. The number of fused-ring (bicyclic) bond motifs is 1. The van der Waals surface area contributed by atoms with Crippen LogP contribution < -0.4 is 10.6 Å². The van der Waals surface area contributed by atoms with E-state index in [-0.39, 0.29) is 11.9 Å². The van der Waals surface area contributed by atoms with E-state index in [1.807, 2.05) is 13.0 Å². The van der Waals surface area contributed by atoms with Crippen molar-refractivity contribution in [3.05, 3.63) is 29.6 Å². The Bertz CT molecular complexity index is 489. The zero-order valence-electron chi connectivity index (χ0n) is 12.9. The number of rotatable bonds is 3. The highest BCUT2D eigenvalue weighted by Gasteiger charge is 2.30. The lowest BCUT2D eigenvalue weighted by molar-refractivity contribution is 0.133. The van der Waals surface area contributed by atoms with Crippen LogP contribution in [0.5, 0.6) is 0 Å². The van der Waals surface area contributed by atoms with Crippen molar-refractivity contribution < 1.29 is 4.39 Å². The van der Waals surface area contributed by atoms with Crippen LogP contribution in [-0.4, -0.2) is 43.2 Å². The first-order valence-electron chi connectivity index (χ1n) is 8.17. The van der Waals surface area contributed by atoms with Crippen molar-refractivity contribution in [3.63, 3.8) is 0 Å². The minimum absolute atomic E-state index is 0.0570. The Morgan fingerprint density at radius 2 is 2.14 bits per heavy atom. The van der Waals surface area contributed by atoms with Crippen molar-refractivity contribution in [2.45, 2.75) is 44.7 Å². The predicted octanol–water partition coefficient (Wildman–Crippen LogP) is 2.39. The van der Waals surface area contributed by atoms with E-state index >= 15 is 0 Å². The molecule has 4 heteroatoms. The van der Waals surface area contributed by atoms with Gasteiger partial charge in [-0.15, -0.1) is 0 Å². The minimum atomic E-state index is -0.0996. The molecule has 0 saturated carbocycles. The quantitative estimate of drug-likeness (QED) is 0.928. The maximum Gasteiger partial charge on any atom is 0.146 e. The standard InChI is InChI=1S/C17H26FN3/c1-13(19)11-14-5-4-7-16(18)17(14)21-10-9-20-8-3-2-6-15(20)12-21/h4-5,7,13,15H,2-3,6,8-12,19H2,1H3. The van der Waals surface area contributed by atoms with Gasteiger partial charge in [-0.05, 0) is 44.4 Å². The molecule has 2 aliphatic rings. The Balaban J connectivity index is 1.82. The first-order chi connectivity index (χ1) is 10.1. The van der Waals surface area contributed by atoms with Gasteiger partial charge < -0.3 is 10.6 Å². The first kappa shape index (κ1) is 14.8. The molecule has 0 aromatic heterocycles. The summed E-state index contributed by atoms with van der Waals surface area (Å²) < 4.78 is 14.4. The largest absolute Gasteiger partial charge is 0.366 e. The van der Waals surface area contributed by atoms with Gasteiger partial charge in [0.25, 0.3) is 0 Å². The molecule has 2 heterocycles. The summed E-state index contributed by atoms with van der Waals surface area (Å²) in [6, 6.07) is 6.05. The first-order valence-corrected chi connectivity index (χ1v) is 8.17. The fraction of sp³-hybridized carbons (Fsp3) is 0.647. The Morgan fingerprint density at radius 1 is 1.29 bits per heavy atom. The van der Waals surface area contributed by atoms with Crippen LogP contribution in [0.1, 0.15) is 31.7 Å². The highest BCUT2D eigenvalue weighted by molar-refractivity contribution is 5.56. The van der Waals surface area contributed by atoms with Crippen molar-refractivity contribution in [1.82, 2.24) is 4.90 Å². The molecule has 2 atom stereocenters. The molecule has 0 radical (unpaired) electrons. The molecule has 0 spiro atoms. The molecule has 3 rings (SSSR count). The molecule has 0 amide bonds. The maximum atomic E-state index is 14.4. The van der Waals surface area contributed by atoms with Crippen molar-refractivity contribution in [2.75, 3.05) is 31.1 Å². The molecule has 2 unspecified atom stereocenters. The Kier molecular flexibility index (Phi) is 4.45. The van der Waals surface area contributed by atoms with Gasteiger partial charge in [0.05, 0.1) is 5.69 Å². The zero-order chi connectivity index (χ0) is 14.8. The number of piperidine rings is 1. The van der Waals surface area contributed by atoms with Crippen LogP contribution >= 0.6 is 0 Å². The number of hydrogen-bond acceptors (Lipinski definition) is 3. The van der Waals surface area contributed by atoms with E-state index < -0.39 is 0 Å². The number of anilines is 1. The average Bonchev–Trinajstić information content (AvgIpc) is 2.46. The van der Waals surface area contributed by atoms with Crippen LogP contribution in [0.25, 0.3) is 0 Å². The molecule has 0 bridgehead atoms. The van der Waals surface area contributed by atoms with E-state index in [4.69, 9.17) is 5.73 Å². The summed E-state index contributed by atoms with van der Waals surface area (Å²) >= 11 is 0. The van der Waals surface area contributed by atoms with Gasteiger partial charge in [0.1, 0.15) is 5.82 Å². The molecule has 116 valence electrons. The monoisotopic (exact) mass is 291 g/mol. The third kappa shape index (κ3) is 3.22. The second kappa shape index (κ2) is 6.32. The third-order valence-electron chi connectivity index (χ3n) is 4.77. The van der Waals surface area contributed by atoms with E-state index in [0.717, 1.165) is 37.3 Å². The van der Waals surface area contributed by atoms with Crippen molar-refractivity contribution >= 4 is 5.69 Å². The van der Waals surface area contributed by atoms with Gasteiger partial charge in [-0.3, -0.25) is 4.90 Å². The average molecular weight is 291 g/mol. The maximum absolute atomic E-state index is 14.4. The summed E-state index contributed by atoms with van der Waals surface area (Å²) in [7, 11) is 0. The lowest BCUT2D eigenvalue weighted by atomic mass is 9.97. The summed E-state index contributed by atoms with van der Waals surface area (Å²) in [5.74, 6) is -0.0996. The molecule has 0 aliphatic carbocycles. The molecular weight excluding hydrogens is 265 g/mol. The number of piperazine rings is 1. The van der Waals surface area contributed by atoms with Gasteiger partial charge in [0.15, 0.2) is 0 Å². The van der Waals surface area contributed by atoms with Crippen LogP contribution in [0, 0.1) is 5.82 Å². The van der Waals surface area contributed by atoms with Crippen LogP contribution in [0.15, 0.2) is 18.2 Å². The molecule has 1 aromatic carbocycles. The van der Waals surface area contributed by atoms with Gasteiger partial charge in [0, 0.05) is 31.7 Å². The third-order valence-corrected chi connectivity index (χ3v) is 4.77. The van der Waals surface area contributed by atoms with Crippen molar-refractivity contribution in [1.29, 1.82) is 0 Å². The highest BCUT2D eigenvalue weighted by Crippen LogP contribution is 2.30. The summed E-state index contributed by atoms with van der Waals surface area (Å²) in [6.07, 6.45) is 4.59. The topological polar surface area (TPSA) is 32.5 Å². The number of hydrogen-bond donors (Lipinski definition) is 1. The molecular formula is C17H26FN3. The van der Waals surface area contributed by atoms with Gasteiger partial charge in [-0.1, -0.05) is 18.6 Å². The van der Waals surface area contributed by atoms with Gasteiger partial charge >= 0.3 is 0 Å². The van der Waals surface area contributed by atoms with Crippen LogP contribution in [0.3, 0.4) is 0 Å². The highest BCUT2D eigenvalue weighted by atomic mass is 19.1. The van der Waals surface area contributed by atoms with Crippen molar-refractivity contribution in [2.24, 2.45) is 5.73 Å². The van der Waals surface area contributed by atoms with E-state index in [9.17, 15) is 4.39 Å². The van der Waals surface area contributed by atoms with Crippen LogP contribution in [0.2, 0.25) is 0 Å². The van der Waals surface area contributed by atoms with Crippen LogP contribution in [-0.2, 0) is 6.42 Å². The van der Waals surface area contributed by atoms with E-state index in [0.29, 0.717) is 6.04 Å². The normalized spacial score (nSPS) is 24.7. The molecule has 2 N–H and O–H groups in total. The second-order valence-electron chi connectivity index (χ2n) is 6.56. The minimum Gasteiger partial charge on any atom is -0.366 e. The lowest BCUT2D eigenvalue weighted by Crippen LogP contribution is -2.55. The van der Waals surface area contributed by atoms with Gasteiger partial charge in [-0.25, -0.2) is 4.39 Å². The van der Waals surface area contributed by atoms with E-state index in [1.165, 1.54) is 25.8 Å². The zero-order valence-corrected chi connectivity index (χ0v) is 12.9. The molecule has 21 heavy (non-hydrogen) atoms. The fourth-order valence-corrected chi connectivity index (χ4v) is 3.78. The summed E-state index contributed by atoms with van der Waals surface area (Å²) in [5, 5.41) is 0. The summed E-state index contributed by atoms with van der Waals surface area (Å²) in [6.45, 7) is 6.11. The van der Waals surface area contributed by atoms with Crippen molar-refractivity contribution in [3.8, 4) is 0 Å². The Labute approximate surface area is 126 Å². The number of halogens is 1. The molecule has 2 aliphatic heterocycles. The molecule has 1 aromatic rings. The predicted molar refractivity (Wildman–Crippen MR) is 85.2 cm³/mol. The Morgan fingerprint density at radius 3 is 2.95 bits per heavy atom. The summed E-state index contributed by atoms with van der Waals surface area (Å²) in [5.41, 5.74) is 7.77. The molecule has 2 saturated heterocycles. The van der Waals surface area contributed by atoms with Gasteiger partial charge in [0.2, 0.25) is 0 Å². The second-order valence-corrected chi connectivity index (χ2v) is 6.56.